The largest absolute Gasteiger partial charge is 0.460 e. The Balaban J connectivity index is 2.84. The molecule has 1 amide bonds. The number of hydrogen-bond acceptors (Lipinski definition) is 4. The lowest BCUT2D eigenvalue weighted by atomic mass is 9.82. The minimum atomic E-state index is -0.858. The molecule has 1 N–H and O–H groups in total. The SMILES string of the molecule is Cc1ccc(F)cc1[C@H](C(C)C)[C@H](C)OC(=O)[C@H](C)NC(=O)OC(C)(C)C. The summed E-state index contributed by atoms with van der Waals surface area (Å²) in [5.74, 6) is -0.923. The molecular formula is C21H32FNO4. The molecule has 0 bridgehead atoms. The number of rotatable bonds is 6. The second-order valence-electron chi connectivity index (χ2n) is 8.28. The van der Waals surface area contributed by atoms with Gasteiger partial charge in [-0.05, 0) is 70.7 Å². The van der Waals surface area contributed by atoms with Gasteiger partial charge in [0.05, 0.1) is 0 Å². The van der Waals surface area contributed by atoms with Gasteiger partial charge in [-0.25, -0.2) is 14.0 Å². The lowest BCUT2D eigenvalue weighted by molar-refractivity contribution is -0.152. The number of halogens is 1. The molecule has 0 fully saturated rings. The van der Waals surface area contributed by atoms with E-state index in [-0.39, 0.29) is 17.7 Å². The molecule has 0 aliphatic heterocycles. The highest BCUT2D eigenvalue weighted by Crippen LogP contribution is 2.32. The van der Waals surface area contributed by atoms with Crippen molar-refractivity contribution in [2.45, 2.75) is 79.1 Å². The predicted octanol–water partition coefficient (Wildman–Crippen LogP) is 4.72. The normalized spacial score (nSPS) is 15.0. The first-order valence-corrected chi connectivity index (χ1v) is 9.28. The molecule has 5 nitrogen and oxygen atoms in total. The van der Waals surface area contributed by atoms with Crippen LogP contribution in [0.4, 0.5) is 9.18 Å². The molecule has 0 saturated heterocycles. The van der Waals surface area contributed by atoms with E-state index < -0.39 is 29.8 Å². The average molecular weight is 381 g/mol. The van der Waals surface area contributed by atoms with E-state index in [9.17, 15) is 14.0 Å². The summed E-state index contributed by atoms with van der Waals surface area (Å²) in [6, 6.07) is 3.77. The van der Waals surface area contributed by atoms with E-state index in [2.05, 4.69) is 5.32 Å². The van der Waals surface area contributed by atoms with Crippen molar-refractivity contribution in [3.05, 3.63) is 35.1 Å². The van der Waals surface area contributed by atoms with Crippen molar-refractivity contribution >= 4 is 12.1 Å². The first-order valence-electron chi connectivity index (χ1n) is 9.28. The maximum atomic E-state index is 13.7. The number of amides is 1. The topological polar surface area (TPSA) is 64.6 Å². The zero-order valence-electron chi connectivity index (χ0n) is 17.6. The highest BCUT2D eigenvalue weighted by atomic mass is 19.1. The van der Waals surface area contributed by atoms with Gasteiger partial charge in [0.25, 0.3) is 0 Å². The molecular weight excluding hydrogens is 349 g/mol. The van der Waals surface area contributed by atoms with E-state index >= 15 is 0 Å². The molecule has 152 valence electrons. The van der Waals surface area contributed by atoms with Crippen LogP contribution >= 0.6 is 0 Å². The lowest BCUT2D eigenvalue weighted by Gasteiger charge is -2.30. The Morgan fingerprint density at radius 1 is 1.11 bits per heavy atom. The molecule has 0 saturated carbocycles. The van der Waals surface area contributed by atoms with Crippen LogP contribution in [0.3, 0.4) is 0 Å². The Morgan fingerprint density at radius 3 is 2.22 bits per heavy atom. The van der Waals surface area contributed by atoms with Crippen LogP contribution in [0.25, 0.3) is 0 Å². The van der Waals surface area contributed by atoms with Crippen LogP contribution in [-0.2, 0) is 14.3 Å². The predicted molar refractivity (Wildman–Crippen MR) is 103 cm³/mol. The van der Waals surface area contributed by atoms with Crippen LogP contribution in [0, 0.1) is 18.7 Å². The van der Waals surface area contributed by atoms with Gasteiger partial charge < -0.3 is 14.8 Å². The standard InChI is InChI=1S/C21H32FNO4/c1-12(2)18(17-11-16(22)10-9-13(17)3)15(5)26-19(24)14(4)23-20(25)27-21(6,7)8/h9-12,14-15,18H,1-8H3,(H,23,25)/t14-,15-,18+/m0/s1. The van der Waals surface area contributed by atoms with Crippen molar-refractivity contribution in [2.24, 2.45) is 5.92 Å². The van der Waals surface area contributed by atoms with Crippen molar-refractivity contribution in [1.29, 1.82) is 0 Å². The lowest BCUT2D eigenvalue weighted by Crippen LogP contribution is -2.43. The van der Waals surface area contributed by atoms with E-state index in [1.165, 1.54) is 19.1 Å². The molecule has 0 unspecified atom stereocenters. The van der Waals surface area contributed by atoms with Crippen LogP contribution < -0.4 is 5.32 Å². The van der Waals surface area contributed by atoms with Gasteiger partial charge >= 0.3 is 12.1 Å². The summed E-state index contributed by atoms with van der Waals surface area (Å²) in [5, 5.41) is 2.47. The summed E-state index contributed by atoms with van der Waals surface area (Å²) in [7, 11) is 0. The molecule has 1 aromatic rings. The number of carbonyl (C=O) groups excluding carboxylic acids is 2. The molecule has 3 atom stereocenters. The zero-order valence-corrected chi connectivity index (χ0v) is 17.6. The monoisotopic (exact) mass is 381 g/mol. The van der Waals surface area contributed by atoms with Crippen LogP contribution in [0.2, 0.25) is 0 Å². The summed E-state index contributed by atoms with van der Waals surface area (Å²) < 4.78 is 24.5. The highest BCUT2D eigenvalue weighted by molar-refractivity contribution is 5.81. The van der Waals surface area contributed by atoms with Crippen LogP contribution in [0.1, 0.15) is 65.5 Å². The van der Waals surface area contributed by atoms with E-state index in [4.69, 9.17) is 9.47 Å². The minimum absolute atomic E-state index is 0.127. The molecule has 0 aliphatic rings. The number of alkyl carbamates (subject to hydrolysis) is 1. The fraction of sp³-hybridized carbons (Fsp3) is 0.619. The fourth-order valence-corrected chi connectivity index (χ4v) is 3.03. The number of carbonyl (C=O) groups is 2. The van der Waals surface area contributed by atoms with Gasteiger partial charge in [0.15, 0.2) is 0 Å². The Kier molecular flexibility index (Phi) is 7.81. The summed E-state index contributed by atoms with van der Waals surface area (Å²) in [5.41, 5.74) is 1.11. The number of aryl methyl sites for hydroxylation is 1. The van der Waals surface area contributed by atoms with Gasteiger partial charge in [0, 0.05) is 5.92 Å². The van der Waals surface area contributed by atoms with Crippen molar-refractivity contribution < 1.29 is 23.5 Å². The average Bonchev–Trinajstić information content (AvgIpc) is 2.48. The van der Waals surface area contributed by atoms with E-state index in [1.54, 1.807) is 33.8 Å². The minimum Gasteiger partial charge on any atom is -0.460 e. The summed E-state index contributed by atoms with van der Waals surface area (Å²) in [6.45, 7) is 14.5. The Labute approximate surface area is 161 Å². The van der Waals surface area contributed by atoms with Gasteiger partial charge in [-0.2, -0.15) is 0 Å². The zero-order chi connectivity index (χ0) is 20.9. The summed E-state index contributed by atoms with van der Waals surface area (Å²) >= 11 is 0. The molecule has 0 aromatic heterocycles. The van der Waals surface area contributed by atoms with Crippen LogP contribution in [-0.4, -0.2) is 29.8 Å². The summed E-state index contributed by atoms with van der Waals surface area (Å²) in [6.07, 6.45) is -1.16. The van der Waals surface area contributed by atoms with Crippen molar-refractivity contribution in [3.8, 4) is 0 Å². The molecule has 6 heteroatoms. The molecule has 1 aromatic carbocycles. The third-order valence-corrected chi connectivity index (χ3v) is 4.21. The number of nitrogens with one attached hydrogen (secondary N) is 1. The molecule has 0 aliphatic carbocycles. The molecule has 0 radical (unpaired) electrons. The van der Waals surface area contributed by atoms with Gasteiger partial charge in [-0.15, -0.1) is 0 Å². The number of ether oxygens (including phenoxy) is 2. The van der Waals surface area contributed by atoms with Gasteiger partial charge in [0.1, 0.15) is 23.6 Å². The molecule has 27 heavy (non-hydrogen) atoms. The maximum absolute atomic E-state index is 13.7. The van der Waals surface area contributed by atoms with Crippen molar-refractivity contribution in [3.63, 3.8) is 0 Å². The smallest absolute Gasteiger partial charge is 0.408 e. The first kappa shape index (κ1) is 22.9. The third-order valence-electron chi connectivity index (χ3n) is 4.21. The number of hydrogen-bond donors (Lipinski definition) is 1. The van der Waals surface area contributed by atoms with Crippen molar-refractivity contribution in [2.75, 3.05) is 0 Å². The quantitative estimate of drug-likeness (QED) is 0.724. The van der Waals surface area contributed by atoms with E-state index in [1.807, 2.05) is 20.8 Å². The molecule has 0 spiro atoms. The van der Waals surface area contributed by atoms with E-state index in [0.29, 0.717) is 0 Å². The third kappa shape index (κ3) is 7.19. The second-order valence-corrected chi connectivity index (χ2v) is 8.28. The first-order chi connectivity index (χ1) is 12.3. The fourth-order valence-electron chi connectivity index (χ4n) is 3.03. The molecule has 0 heterocycles. The second kappa shape index (κ2) is 9.20. The van der Waals surface area contributed by atoms with Gasteiger partial charge in [-0.3, -0.25) is 0 Å². The van der Waals surface area contributed by atoms with Crippen LogP contribution in [0.15, 0.2) is 18.2 Å². The Bertz CT molecular complexity index is 667. The van der Waals surface area contributed by atoms with Gasteiger partial charge in [-0.1, -0.05) is 19.9 Å². The number of benzene rings is 1. The van der Waals surface area contributed by atoms with E-state index in [0.717, 1.165) is 11.1 Å². The Morgan fingerprint density at radius 2 is 1.70 bits per heavy atom. The molecule has 1 rings (SSSR count). The van der Waals surface area contributed by atoms with Crippen LogP contribution in [0.5, 0.6) is 0 Å². The summed E-state index contributed by atoms with van der Waals surface area (Å²) in [4.78, 5) is 24.2. The maximum Gasteiger partial charge on any atom is 0.408 e. The highest BCUT2D eigenvalue weighted by Gasteiger charge is 2.30. The van der Waals surface area contributed by atoms with Crippen molar-refractivity contribution in [1.82, 2.24) is 5.32 Å². The number of esters is 1. The Hall–Kier alpha value is -2.11. The van der Waals surface area contributed by atoms with Gasteiger partial charge in [0.2, 0.25) is 0 Å².